The Labute approximate surface area is 192 Å². The lowest BCUT2D eigenvalue weighted by Gasteiger charge is -2.19. The van der Waals surface area contributed by atoms with E-state index in [0.29, 0.717) is 0 Å². The lowest BCUT2D eigenvalue weighted by molar-refractivity contribution is 1.54. The van der Waals surface area contributed by atoms with Crippen molar-refractivity contribution in [2.24, 2.45) is 0 Å². The number of hydrogen-bond acceptors (Lipinski definition) is 0. The first-order chi connectivity index (χ1) is 15.3. The van der Waals surface area contributed by atoms with Gasteiger partial charge in [-0.2, -0.15) is 0 Å². The molecule has 5 rings (SSSR count). The van der Waals surface area contributed by atoms with Gasteiger partial charge in [0, 0.05) is 4.47 Å². The standard InChI is InChI=1S/C30H21Br/c31-27-18-16-22(17-19-27)26-20-28(23-10-4-1-5-11-23)30(25-14-8-3-9-15-25)29(21-26)24-12-6-2-7-13-24/h1-21H. The fraction of sp³-hybridized carbons (Fsp3) is 0. The second-order valence-corrected chi connectivity index (χ2v) is 8.47. The molecule has 0 atom stereocenters. The van der Waals surface area contributed by atoms with E-state index in [9.17, 15) is 0 Å². The van der Waals surface area contributed by atoms with Gasteiger partial charge in [-0.1, -0.05) is 119 Å². The van der Waals surface area contributed by atoms with Crippen molar-refractivity contribution in [1.82, 2.24) is 0 Å². The summed E-state index contributed by atoms with van der Waals surface area (Å²) in [5, 5.41) is 0. The van der Waals surface area contributed by atoms with Crippen LogP contribution in [-0.4, -0.2) is 0 Å². The van der Waals surface area contributed by atoms with Gasteiger partial charge in [0.2, 0.25) is 0 Å². The maximum Gasteiger partial charge on any atom is 0.0175 e. The molecule has 0 radical (unpaired) electrons. The minimum Gasteiger partial charge on any atom is -0.0622 e. The Bertz CT molecular complexity index is 1230. The van der Waals surface area contributed by atoms with Crippen molar-refractivity contribution in [2.75, 3.05) is 0 Å². The highest BCUT2D eigenvalue weighted by Gasteiger charge is 2.16. The molecule has 31 heavy (non-hydrogen) atoms. The largest absolute Gasteiger partial charge is 0.0622 e. The number of rotatable bonds is 4. The SMILES string of the molecule is Brc1ccc(-c2cc(-c3ccccc3)c(-c3ccccc3)c(-c3ccccc3)c2)cc1. The Hall–Kier alpha value is -3.42. The summed E-state index contributed by atoms with van der Waals surface area (Å²) in [6, 6.07) is 45.3. The molecule has 0 amide bonds. The maximum absolute atomic E-state index is 3.56. The van der Waals surface area contributed by atoms with Crippen LogP contribution in [0.25, 0.3) is 44.5 Å². The van der Waals surface area contributed by atoms with E-state index in [-0.39, 0.29) is 0 Å². The summed E-state index contributed by atoms with van der Waals surface area (Å²) in [4.78, 5) is 0. The van der Waals surface area contributed by atoms with E-state index in [0.717, 1.165) is 4.47 Å². The van der Waals surface area contributed by atoms with E-state index in [1.807, 2.05) is 0 Å². The van der Waals surface area contributed by atoms with Crippen LogP contribution >= 0.6 is 15.9 Å². The van der Waals surface area contributed by atoms with Gasteiger partial charge in [0.15, 0.2) is 0 Å². The fourth-order valence-electron chi connectivity index (χ4n) is 4.06. The molecule has 0 unspecified atom stereocenters. The van der Waals surface area contributed by atoms with E-state index >= 15 is 0 Å². The van der Waals surface area contributed by atoms with Crippen molar-refractivity contribution in [3.63, 3.8) is 0 Å². The summed E-state index contributed by atoms with van der Waals surface area (Å²) >= 11 is 3.56. The number of hydrogen-bond donors (Lipinski definition) is 0. The average molecular weight is 461 g/mol. The van der Waals surface area contributed by atoms with Gasteiger partial charge in [-0.3, -0.25) is 0 Å². The predicted octanol–water partition coefficient (Wildman–Crippen LogP) is 9.12. The molecule has 5 aromatic rings. The second-order valence-electron chi connectivity index (χ2n) is 7.55. The zero-order valence-electron chi connectivity index (χ0n) is 17.0. The van der Waals surface area contributed by atoms with Crippen molar-refractivity contribution < 1.29 is 0 Å². The van der Waals surface area contributed by atoms with Crippen LogP contribution in [-0.2, 0) is 0 Å². The highest BCUT2D eigenvalue weighted by Crippen LogP contribution is 2.43. The third kappa shape index (κ3) is 4.10. The molecule has 148 valence electrons. The van der Waals surface area contributed by atoms with Crippen LogP contribution in [0.3, 0.4) is 0 Å². The molecule has 0 aliphatic carbocycles. The second kappa shape index (κ2) is 8.75. The molecular weight excluding hydrogens is 440 g/mol. The topological polar surface area (TPSA) is 0 Å². The Morgan fingerprint density at radius 2 is 0.774 bits per heavy atom. The van der Waals surface area contributed by atoms with E-state index < -0.39 is 0 Å². The molecular formula is C30H21Br. The van der Waals surface area contributed by atoms with Crippen LogP contribution in [0.4, 0.5) is 0 Å². The van der Waals surface area contributed by atoms with Gasteiger partial charge in [-0.05, 0) is 68.8 Å². The van der Waals surface area contributed by atoms with E-state index in [1.54, 1.807) is 0 Å². The van der Waals surface area contributed by atoms with Crippen molar-refractivity contribution in [3.05, 3.63) is 132 Å². The minimum atomic E-state index is 1.09. The highest BCUT2D eigenvalue weighted by molar-refractivity contribution is 9.10. The summed E-state index contributed by atoms with van der Waals surface area (Å²) in [7, 11) is 0. The van der Waals surface area contributed by atoms with Crippen molar-refractivity contribution >= 4 is 15.9 Å². The molecule has 0 nitrogen and oxygen atoms in total. The smallest absolute Gasteiger partial charge is 0.0175 e. The van der Waals surface area contributed by atoms with Crippen LogP contribution in [0.2, 0.25) is 0 Å². The van der Waals surface area contributed by atoms with Gasteiger partial charge in [0.05, 0.1) is 0 Å². The Morgan fingerprint density at radius 1 is 0.355 bits per heavy atom. The molecule has 0 aliphatic rings. The molecule has 0 saturated carbocycles. The summed E-state index contributed by atoms with van der Waals surface area (Å²) in [6.45, 7) is 0. The monoisotopic (exact) mass is 460 g/mol. The molecule has 5 aromatic carbocycles. The summed E-state index contributed by atoms with van der Waals surface area (Å²) in [5.41, 5.74) is 9.83. The predicted molar refractivity (Wildman–Crippen MR) is 136 cm³/mol. The summed E-state index contributed by atoms with van der Waals surface area (Å²) < 4.78 is 1.09. The summed E-state index contributed by atoms with van der Waals surface area (Å²) in [6.07, 6.45) is 0. The molecule has 0 aromatic heterocycles. The normalized spacial score (nSPS) is 10.7. The molecule has 1 heteroatoms. The maximum atomic E-state index is 3.56. The van der Waals surface area contributed by atoms with Crippen molar-refractivity contribution in [2.45, 2.75) is 0 Å². The lowest BCUT2D eigenvalue weighted by Crippen LogP contribution is -1.93. The molecule has 0 spiro atoms. The summed E-state index contributed by atoms with van der Waals surface area (Å²) in [5.74, 6) is 0. The lowest BCUT2D eigenvalue weighted by atomic mass is 9.85. The molecule has 0 fully saturated rings. The number of benzene rings is 5. The first-order valence-corrected chi connectivity index (χ1v) is 11.2. The van der Waals surface area contributed by atoms with Gasteiger partial charge in [0.25, 0.3) is 0 Å². The Kier molecular flexibility index (Phi) is 5.52. The van der Waals surface area contributed by atoms with Gasteiger partial charge in [-0.15, -0.1) is 0 Å². The highest BCUT2D eigenvalue weighted by atomic mass is 79.9. The van der Waals surface area contributed by atoms with E-state index in [4.69, 9.17) is 0 Å². The van der Waals surface area contributed by atoms with Crippen molar-refractivity contribution in [3.8, 4) is 44.5 Å². The fourth-order valence-corrected chi connectivity index (χ4v) is 4.32. The van der Waals surface area contributed by atoms with Crippen LogP contribution < -0.4 is 0 Å². The van der Waals surface area contributed by atoms with Gasteiger partial charge in [-0.25, -0.2) is 0 Å². The van der Waals surface area contributed by atoms with Gasteiger partial charge >= 0.3 is 0 Å². The third-order valence-corrected chi connectivity index (χ3v) is 6.08. The van der Waals surface area contributed by atoms with Crippen LogP contribution in [0.1, 0.15) is 0 Å². The van der Waals surface area contributed by atoms with Gasteiger partial charge < -0.3 is 0 Å². The quantitative estimate of drug-likeness (QED) is 0.250. The molecule has 0 bridgehead atoms. The zero-order valence-corrected chi connectivity index (χ0v) is 18.6. The van der Waals surface area contributed by atoms with E-state index in [2.05, 4.69) is 143 Å². The molecule has 0 N–H and O–H groups in total. The minimum absolute atomic E-state index is 1.09. The van der Waals surface area contributed by atoms with Crippen LogP contribution in [0.5, 0.6) is 0 Å². The van der Waals surface area contributed by atoms with Gasteiger partial charge in [0.1, 0.15) is 0 Å². The molecule has 0 aliphatic heterocycles. The zero-order chi connectivity index (χ0) is 21.0. The van der Waals surface area contributed by atoms with Crippen LogP contribution in [0, 0.1) is 0 Å². The first kappa shape index (κ1) is 19.5. The first-order valence-electron chi connectivity index (χ1n) is 10.4. The van der Waals surface area contributed by atoms with E-state index in [1.165, 1.54) is 44.5 Å². The third-order valence-electron chi connectivity index (χ3n) is 5.55. The van der Waals surface area contributed by atoms with Crippen LogP contribution in [0.15, 0.2) is 132 Å². The Balaban J connectivity index is 1.86. The molecule has 0 saturated heterocycles. The molecule has 0 heterocycles. The Morgan fingerprint density at radius 3 is 1.23 bits per heavy atom. The van der Waals surface area contributed by atoms with Crippen molar-refractivity contribution in [1.29, 1.82) is 0 Å². The number of halogens is 1. The average Bonchev–Trinajstić information content (AvgIpc) is 2.85.